The molecule has 2 aromatic heterocycles. The summed E-state index contributed by atoms with van der Waals surface area (Å²) in [7, 11) is 0. The Hall–Kier alpha value is -1.74. The second-order valence-electron chi connectivity index (χ2n) is 5.29. The highest BCUT2D eigenvalue weighted by Crippen LogP contribution is 2.40. The monoisotopic (exact) mass is 241 g/mol. The summed E-state index contributed by atoms with van der Waals surface area (Å²) in [4.78, 5) is 0. The van der Waals surface area contributed by atoms with E-state index in [-0.39, 0.29) is 5.54 Å². The van der Waals surface area contributed by atoms with Crippen molar-refractivity contribution < 1.29 is 8.83 Å². The van der Waals surface area contributed by atoms with Crippen molar-refractivity contribution in [2.24, 2.45) is 0 Å². The van der Waals surface area contributed by atoms with Crippen LogP contribution in [0.25, 0.3) is 21.9 Å². The molecule has 1 saturated heterocycles. The van der Waals surface area contributed by atoms with Crippen molar-refractivity contribution in [1.29, 1.82) is 0 Å². The van der Waals surface area contributed by atoms with Crippen molar-refractivity contribution in [1.82, 2.24) is 5.32 Å². The standard InChI is InChI=1S/C15H15NO2/c1-15(5-2-6-16-15)13-11-4-8-17-12(11)9-10-3-7-18-14(10)13/h3-4,7-9,16H,2,5-6H2,1H3. The lowest BCUT2D eigenvalue weighted by Crippen LogP contribution is -2.33. The van der Waals surface area contributed by atoms with Crippen molar-refractivity contribution in [3.63, 3.8) is 0 Å². The summed E-state index contributed by atoms with van der Waals surface area (Å²) in [6, 6.07) is 6.09. The first kappa shape index (κ1) is 10.2. The molecule has 1 aliphatic heterocycles. The van der Waals surface area contributed by atoms with E-state index in [9.17, 15) is 0 Å². The molecule has 4 rings (SSSR count). The lowest BCUT2D eigenvalue weighted by Gasteiger charge is -2.25. The zero-order valence-electron chi connectivity index (χ0n) is 10.3. The van der Waals surface area contributed by atoms with Gasteiger partial charge >= 0.3 is 0 Å². The zero-order chi connectivity index (χ0) is 12.2. The third-order valence-corrected chi connectivity index (χ3v) is 4.09. The minimum Gasteiger partial charge on any atom is -0.464 e. The van der Waals surface area contributed by atoms with Gasteiger partial charge in [0.25, 0.3) is 0 Å². The fourth-order valence-electron chi connectivity index (χ4n) is 3.19. The molecule has 1 fully saturated rings. The Morgan fingerprint density at radius 2 is 2.11 bits per heavy atom. The fraction of sp³-hybridized carbons (Fsp3) is 0.333. The van der Waals surface area contributed by atoms with Gasteiger partial charge in [-0.1, -0.05) is 0 Å². The number of rotatable bonds is 1. The molecule has 0 spiro atoms. The highest BCUT2D eigenvalue weighted by molar-refractivity contribution is 5.98. The number of hydrogen-bond donors (Lipinski definition) is 1. The van der Waals surface area contributed by atoms with E-state index in [2.05, 4.69) is 18.3 Å². The molecule has 1 aromatic carbocycles. The topological polar surface area (TPSA) is 38.3 Å². The molecule has 92 valence electrons. The molecule has 1 N–H and O–H groups in total. The summed E-state index contributed by atoms with van der Waals surface area (Å²) in [6.07, 6.45) is 5.84. The van der Waals surface area contributed by atoms with Crippen LogP contribution in [-0.2, 0) is 5.54 Å². The number of benzene rings is 1. The van der Waals surface area contributed by atoms with Gasteiger partial charge in [0.15, 0.2) is 0 Å². The molecule has 3 heteroatoms. The second-order valence-corrected chi connectivity index (χ2v) is 5.29. The summed E-state index contributed by atoms with van der Waals surface area (Å²) in [5.41, 5.74) is 3.15. The van der Waals surface area contributed by atoms with Gasteiger partial charge in [-0.05, 0) is 44.5 Å². The van der Waals surface area contributed by atoms with Gasteiger partial charge in [-0.3, -0.25) is 0 Å². The third-order valence-electron chi connectivity index (χ3n) is 4.09. The Labute approximate surface area is 105 Å². The lowest BCUT2D eigenvalue weighted by atomic mass is 9.87. The van der Waals surface area contributed by atoms with Crippen molar-refractivity contribution in [3.05, 3.63) is 36.3 Å². The van der Waals surface area contributed by atoms with Crippen LogP contribution in [0.15, 0.2) is 39.6 Å². The van der Waals surface area contributed by atoms with Gasteiger partial charge in [-0.15, -0.1) is 0 Å². The quantitative estimate of drug-likeness (QED) is 0.704. The molecule has 3 heterocycles. The maximum atomic E-state index is 5.72. The van der Waals surface area contributed by atoms with E-state index in [1.807, 2.05) is 12.1 Å². The van der Waals surface area contributed by atoms with Gasteiger partial charge in [0.1, 0.15) is 11.2 Å². The van der Waals surface area contributed by atoms with Crippen LogP contribution < -0.4 is 5.32 Å². The molecule has 0 saturated carbocycles. The van der Waals surface area contributed by atoms with Crippen LogP contribution in [0, 0.1) is 0 Å². The van der Waals surface area contributed by atoms with E-state index in [4.69, 9.17) is 8.83 Å². The van der Waals surface area contributed by atoms with Crippen LogP contribution in [-0.4, -0.2) is 6.54 Å². The zero-order valence-corrected chi connectivity index (χ0v) is 10.3. The van der Waals surface area contributed by atoms with Crippen molar-refractivity contribution in [2.75, 3.05) is 6.54 Å². The van der Waals surface area contributed by atoms with Gasteiger partial charge in [-0.25, -0.2) is 0 Å². The molecule has 3 nitrogen and oxygen atoms in total. The first-order chi connectivity index (χ1) is 8.78. The van der Waals surface area contributed by atoms with Crippen LogP contribution in [0.1, 0.15) is 25.3 Å². The first-order valence-electron chi connectivity index (χ1n) is 6.41. The number of nitrogens with one attached hydrogen (secondary N) is 1. The highest BCUT2D eigenvalue weighted by Gasteiger charge is 2.34. The van der Waals surface area contributed by atoms with Gasteiger partial charge in [-0.2, -0.15) is 0 Å². The lowest BCUT2D eigenvalue weighted by molar-refractivity contribution is 0.434. The van der Waals surface area contributed by atoms with Crippen LogP contribution in [0.3, 0.4) is 0 Å². The Balaban J connectivity index is 2.15. The Kier molecular flexibility index (Phi) is 1.92. The van der Waals surface area contributed by atoms with E-state index < -0.39 is 0 Å². The normalized spacial score (nSPS) is 24.3. The minimum atomic E-state index is -0.0144. The first-order valence-corrected chi connectivity index (χ1v) is 6.41. The highest BCUT2D eigenvalue weighted by atomic mass is 16.3. The van der Waals surface area contributed by atoms with E-state index in [0.717, 1.165) is 34.9 Å². The maximum absolute atomic E-state index is 5.72. The number of hydrogen-bond acceptors (Lipinski definition) is 3. The predicted octanol–water partition coefficient (Wildman–Crippen LogP) is 3.78. The van der Waals surface area contributed by atoms with E-state index in [1.54, 1.807) is 12.5 Å². The Bertz CT molecular complexity index is 668. The van der Waals surface area contributed by atoms with Gasteiger partial charge < -0.3 is 14.2 Å². The molecule has 18 heavy (non-hydrogen) atoms. The SMILES string of the molecule is CC1(c2c3ccoc3cc3ccoc23)CCCN1. The van der Waals surface area contributed by atoms with E-state index >= 15 is 0 Å². The number of fused-ring (bicyclic) bond motifs is 2. The summed E-state index contributed by atoms with van der Waals surface area (Å²) < 4.78 is 11.3. The molecule has 1 atom stereocenters. The van der Waals surface area contributed by atoms with Crippen LogP contribution >= 0.6 is 0 Å². The predicted molar refractivity (Wildman–Crippen MR) is 70.6 cm³/mol. The van der Waals surface area contributed by atoms with Crippen LogP contribution in [0.4, 0.5) is 0 Å². The van der Waals surface area contributed by atoms with Gasteiger partial charge in [0.05, 0.1) is 12.5 Å². The fourth-order valence-corrected chi connectivity index (χ4v) is 3.19. The van der Waals surface area contributed by atoms with Gasteiger partial charge in [0.2, 0.25) is 0 Å². The second kappa shape index (κ2) is 3.39. The smallest absolute Gasteiger partial charge is 0.139 e. The van der Waals surface area contributed by atoms with Crippen LogP contribution in [0.2, 0.25) is 0 Å². The molecule has 0 radical (unpaired) electrons. The maximum Gasteiger partial charge on any atom is 0.139 e. The summed E-state index contributed by atoms with van der Waals surface area (Å²) >= 11 is 0. The summed E-state index contributed by atoms with van der Waals surface area (Å²) in [5, 5.41) is 5.89. The number of furan rings is 2. The van der Waals surface area contributed by atoms with Crippen molar-refractivity contribution in [3.8, 4) is 0 Å². The summed E-state index contributed by atoms with van der Waals surface area (Å²) in [6.45, 7) is 3.32. The Morgan fingerprint density at radius 3 is 2.94 bits per heavy atom. The van der Waals surface area contributed by atoms with Crippen molar-refractivity contribution >= 4 is 21.9 Å². The molecule has 0 bridgehead atoms. The molecule has 1 aliphatic rings. The molecular formula is C15H15NO2. The third kappa shape index (κ3) is 1.22. The average molecular weight is 241 g/mol. The molecule has 3 aromatic rings. The summed E-state index contributed by atoms with van der Waals surface area (Å²) in [5.74, 6) is 0. The molecule has 0 aliphatic carbocycles. The van der Waals surface area contributed by atoms with Crippen molar-refractivity contribution in [2.45, 2.75) is 25.3 Å². The van der Waals surface area contributed by atoms with E-state index in [0.29, 0.717) is 0 Å². The Morgan fingerprint density at radius 1 is 1.22 bits per heavy atom. The molecule has 1 unspecified atom stereocenters. The van der Waals surface area contributed by atoms with Crippen LogP contribution in [0.5, 0.6) is 0 Å². The minimum absolute atomic E-state index is 0.0144. The average Bonchev–Trinajstić information content (AvgIpc) is 3.04. The van der Waals surface area contributed by atoms with Gasteiger partial charge in [0, 0.05) is 21.9 Å². The molecular weight excluding hydrogens is 226 g/mol. The molecule has 0 amide bonds. The largest absolute Gasteiger partial charge is 0.464 e. The van der Waals surface area contributed by atoms with E-state index in [1.165, 1.54) is 12.0 Å².